The standard InChI is InChI=1S/C23H31N3O3S/c1-2-11-24-14-10-20-18-21(8-9-22(20)24)30(28,29)26-13-5-12-25(15-16-26)23(27)17-19-6-3-4-7-19/h2,8-10,14,18-19H,1,3-7,11-13,15-17H2. The molecule has 1 saturated carbocycles. The lowest BCUT2D eigenvalue weighted by Crippen LogP contribution is -2.37. The van der Waals surface area contributed by atoms with Crippen molar-refractivity contribution in [2.45, 2.75) is 50.0 Å². The third-order valence-electron chi connectivity index (χ3n) is 6.45. The molecule has 4 rings (SSSR count). The predicted octanol–water partition coefficient (Wildman–Crippen LogP) is 3.63. The van der Waals surface area contributed by atoms with Crippen molar-refractivity contribution in [1.29, 1.82) is 0 Å². The van der Waals surface area contributed by atoms with Gasteiger partial charge in [-0.15, -0.1) is 6.58 Å². The Morgan fingerprint density at radius 1 is 1.07 bits per heavy atom. The summed E-state index contributed by atoms with van der Waals surface area (Å²) < 4.78 is 30.1. The molecule has 2 aromatic rings. The van der Waals surface area contributed by atoms with Crippen molar-refractivity contribution in [2.24, 2.45) is 5.92 Å². The van der Waals surface area contributed by atoms with Crippen LogP contribution in [0.15, 0.2) is 48.0 Å². The smallest absolute Gasteiger partial charge is 0.243 e. The molecule has 162 valence electrons. The molecule has 0 N–H and O–H groups in total. The molecular weight excluding hydrogens is 398 g/mol. The van der Waals surface area contributed by atoms with E-state index < -0.39 is 10.0 Å². The number of benzene rings is 1. The number of carbonyl (C=O) groups excluding carboxylic acids is 1. The summed E-state index contributed by atoms with van der Waals surface area (Å²) >= 11 is 0. The quantitative estimate of drug-likeness (QED) is 0.659. The summed E-state index contributed by atoms with van der Waals surface area (Å²) in [7, 11) is -3.59. The predicted molar refractivity (Wildman–Crippen MR) is 119 cm³/mol. The number of nitrogens with zero attached hydrogens (tertiary/aromatic N) is 3. The summed E-state index contributed by atoms with van der Waals surface area (Å²) in [5.41, 5.74) is 0.994. The van der Waals surface area contributed by atoms with Gasteiger partial charge in [0.25, 0.3) is 0 Å². The molecule has 1 amide bonds. The van der Waals surface area contributed by atoms with E-state index in [1.165, 1.54) is 17.1 Å². The minimum absolute atomic E-state index is 0.186. The molecule has 0 bridgehead atoms. The summed E-state index contributed by atoms with van der Waals surface area (Å²) in [6.45, 7) is 6.37. The van der Waals surface area contributed by atoms with Gasteiger partial charge in [-0.2, -0.15) is 4.31 Å². The van der Waals surface area contributed by atoms with E-state index in [9.17, 15) is 13.2 Å². The molecule has 6 nitrogen and oxygen atoms in total. The fourth-order valence-electron chi connectivity index (χ4n) is 4.76. The molecule has 0 unspecified atom stereocenters. The number of carbonyl (C=O) groups is 1. The Hall–Kier alpha value is -2.12. The van der Waals surface area contributed by atoms with Crippen molar-refractivity contribution in [3.05, 3.63) is 43.1 Å². The minimum Gasteiger partial charge on any atom is -0.344 e. The maximum Gasteiger partial charge on any atom is 0.243 e. The number of hydrogen-bond acceptors (Lipinski definition) is 3. The minimum atomic E-state index is -3.59. The van der Waals surface area contributed by atoms with Gasteiger partial charge in [0.1, 0.15) is 0 Å². The van der Waals surface area contributed by atoms with Crippen LogP contribution in [0, 0.1) is 5.92 Å². The van der Waals surface area contributed by atoms with Gasteiger partial charge in [0, 0.05) is 56.2 Å². The lowest BCUT2D eigenvalue weighted by molar-refractivity contribution is -0.132. The molecular formula is C23H31N3O3S. The monoisotopic (exact) mass is 429 g/mol. The highest BCUT2D eigenvalue weighted by atomic mass is 32.2. The number of rotatable bonds is 6. The Morgan fingerprint density at radius 2 is 1.87 bits per heavy atom. The summed E-state index contributed by atoms with van der Waals surface area (Å²) in [6, 6.07) is 7.23. The van der Waals surface area contributed by atoms with Gasteiger partial charge in [-0.1, -0.05) is 18.9 Å². The van der Waals surface area contributed by atoms with E-state index in [0.717, 1.165) is 23.7 Å². The van der Waals surface area contributed by atoms with Crippen LogP contribution in [0.4, 0.5) is 0 Å². The average Bonchev–Trinajstić information content (AvgIpc) is 3.31. The molecule has 7 heteroatoms. The van der Waals surface area contributed by atoms with E-state index in [1.807, 2.05) is 33.9 Å². The number of allylic oxidation sites excluding steroid dienone is 1. The van der Waals surface area contributed by atoms with Gasteiger partial charge in [0.05, 0.1) is 4.90 Å². The van der Waals surface area contributed by atoms with Crippen LogP contribution < -0.4 is 0 Å². The van der Waals surface area contributed by atoms with E-state index in [4.69, 9.17) is 0 Å². The van der Waals surface area contributed by atoms with Gasteiger partial charge in [-0.05, 0) is 49.4 Å². The summed E-state index contributed by atoms with van der Waals surface area (Å²) in [5, 5.41) is 0.904. The summed E-state index contributed by atoms with van der Waals surface area (Å²) in [6.07, 6.45) is 9.81. The second-order valence-electron chi connectivity index (χ2n) is 8.47. The maximum atomic E-state index is 13.3. The zero-order valence-electron chi connectivity index (χ0n) is 17.5. The van der Waals surface area contributed by atoms with Crippen molar-refractivity contribution in [2.75, 3.05) is 26.2 Å². The van der Waals surface area contributed by atoms with Crippen molar-refractivity contribution in [3.8, 4) is 0 Å². The van der Waals surface area contributed by atoms with Crippen LogP contribution in [0.1, 0.15) is 38.5 Å². The fourth-order valence-corrected chi connectivity index (χ4v) is 6.27. The molecule has 0 radical (unpaired) electrons. The van der Waals surface area contributed by atoms with Gasteiger partial charge in [-0.3, -0.25) is 4.79 Å². The first-order valence-corrected chi connectivity index (χ1v) is 12.4. The summed E-state index contributed by atoms with van der Waals surface area (Å²) in [4.78, 5) is 14.9. The topological polar surface area (TPSA) is 62.6 Å². The van der Waals surface area contributed by atoms with Crippen LogP contribution in [0.3, 0.4) is 0 Å². The molecule has 1 aliphatic carbocycles. The SMILES string of the molecule is C=CCn1ccc2cc(S(=O)(=O)N3CCCN(C(=O)CC4CCCC4)CC3)ccc21. The van der Waals surface area contributed by atoms with Crippen molar-refractivity contribution >= 4 is 26.8 Å². The lowest BCUT2D eigenvalue weighted by atomic mass is 10.0. The second-order valence-corrected chi connectivity index (χ2v) is 10.4. The highest BCUT2D eigenvalue weighted by molar-refractivity contribution is 7.89. The van der Waals surface area contributed by atoms with E-state index in [2.05, 4.69) is 6.58 Å². The van der Waals surface area contributed by atoms with E-state index in [1.54, 1.807) is 12.1 Å². The highest BCUT2D eigenvalue weighted by Gasteiger charge is 2.29. The van der Waals surface area contributed by atoms with E-state index in [-0.39, 0.29) is 5.91 Å². The number of fused-ring (bicyclic) bond motifs is 1. The normalized spacial score (nSPS) is 19.3. The van der Waals surface area contributed by atoms with Gasteiger partial charge >= 0.3 is 0 Å². The second kappa shape index (κ2) is 8.94. The lowest BCUT2D eigenvalue weighted by Gasteiger charge is -2.23. The van der Waals surface area contributed by atoms with Crippen LogP contribution in [-0.2, 0) is 21.4 Å². The molecule has 0 atom stereocenters. The molecule has 2 fully saturated rings. The van der Waals surface area contributed by atoms with Gasteiger partial charge in [-0.25, -0.2) is 8.42 Å². The van der Waals surface area contributed by atoms with Crippen LogP contribution in [0.5, 0.6) is 0 Å². The Labute approximate surface area is 179 Å². The third-order valence-corrected chi connectivity index (χ3v) is 8.35. The van der Waals surface area contributed by atoms with E-state index >= 15 is 0 Å². The largest absolute Gasteiger partial charge is 0.344 e. The number of sulfonamides is 1. The Morgan fingerprint density at radius 3 is 2.63 bits per heavy atom. The van der Waals surface area contributed by atoms with Crippen LogP contribution in [0.2, 0.25) is 0 Å². The summed E-state index contributed by atoms with van der Waals surface area (Å²) in [5.74, 6) is 0.701. The van der Waals surface area contributed by atoms with Crippen molar-refractivity contribution in [1.82, 2.24) is 13.8 Å². The maximum absolute atomic E-state index is 13.3. The van der Waals surface area contributed by atoms with Gasteiger partial charge in [0.2, 0.25) is 15.9 Å². The van der Waals surface area contributed by atoms with Crippen molar-refractivity contribution in [3.63, 3.8) is 0 Å². The molecule has 1 aromatic heterocycles. The zero-order valence-corrected chi connectivity index (χ0v) is 18.3. The first kappa shape index (κ1) is 21.1. The Balaban J connectivity index is 1.45. The number of aromatic nitrogens is 1. The first-order chi connectivity index (χ1) is 14.5. The molecule has 1 aromatic carbocycles. The number of amides is 1. The fraction of sp³-hybridized carbons (Fsp3) is 0.522. The molecule has 0 spiro atoms. The Bertz CT molecular complexity index is 1020. The Kier molecular flexibility index (Phi) is 6.29. The van der Waals surface area contributed by atoms with Crippen molar-refractivity contribution < 1.29 is 13.2 Å². The molecule has 2 aliphatic rings. The van der Waals surface area contributed by atoms with Crippen LogP contribution in [-0.4, -0.2) is 54.3 Å². The molecule has 1 aliphatic heterocycles. The molecule has 1 saturated heterocycles. The van der Waals surface area contributed by atoms with Crippen LogP contribution >= 0.6 is 0 Å². The van der Waals surface area contributed by atoms with Gasteiger partial charge in [0.15, 0.2) is 0 Å². The third kappa shape index (κ3) is 4.32. The average molecular weight is 430 g/mol. The molecule has 2 heterocycles. The number of hydrogen-bond donors (Lipinski definition) is 0. The first-order valence-electron chi connectivity index (χ1n) is 11.0. The zero-order chi connectivity index (χ0) is 21.1. The highest BCUT2D eigenvalue weighted by Crippen LogP contribution is 2.28. The van der Waals surface area contributed by atoms with E-state index in [0.29, 0.717) is 56.4 Å². The van der Waals surface area contributed by atoms with Gasteiger partial charge < -0.3 is 9.47 Å². The van der Waals surface area contributed by atoms with Crippen LogP contribution in [0.25, 0.3) is 10.9 Å². The molecule has 30 heavy (non-hydrogen) atoms.